The summed E-state index contributed by atoms with van der Waals surface area (Å²) in [6, 6.07) is 14.0. The minimum atomic E-state index is 0.293. The summed E-state index contributed by atoms with van der Waals surface area (Å²) in [6.07, 6.45) is 7.80. The lowest BCUT2D eigenvalue weighted by molar-refractivity contribution is 0.288. The lowest BCUT2D eigenvalue weighted by Crippen LogP contribution is -2.02. The topological polar surface area (TPSA) is 68.0 Å². The molecule has 0 N–H and O–H groups in total. The van der Waals surface area contributed by atoms with Crippen LogP contribution in [-0.4, -0.2) is 23.7 Å². The van der Waals surface area contributed by atoms with Crippen LogP contribution in [0.5, 0.6) is 11.5 Å². The second-order valence-electron chi connectivity index (χ2n) is 6.34. The minimum absolute atomic E-state index is 0.293. The normalized spacial score (nSPS) is 11.1. The molecule has 0 saturated heterocycles. The maximum absolute atomic E-state index is 9.65. The molecule has 7 heteroatoms. The van der Waals surface area contributed by atoms with Gasteiger partial charge in [0.2, 0.25) is 0 Å². The average Bonchev–Trinajstić information content (AvgIpc) is 2.77. The number of rotatable bonds is 8. The highest BCUT2D eigenvalue weighted by Crippen LogP contribution is 2.31. The SMILES string of the molecule is COc1cnc(C(C#N)=Cc2c(Cl)cncc2Cl)cc1OCCCc1ccccc1. The van der Waals surface area contributed by atoms with Gasteiger partial charge in [0.25, 0.3) is 0 Å². The quantitative estimate of drug-likeness (QED) is 0.324. The molecule has 1 aromatic carbocycles. The van der Waals surface area contributed by atoms with Crippen molar-refractivity contribution >= 4 is 34.9 Å². The van der Waals surface area contributed by atoms with E-state index in [-0.39, 0.29) is 0 Å². The van der Waals surface area contributed by atoms with Crippen LogP contribution in [0.4, 0.5) is 0 Å². The van der Waals surface area contributed by atoms with Crippen LogP contribution in [0.25, 0.3) is 11.6 Å². The Morgan fingerprint density at radius 2 is 1.83 bits per heavy atom. The summed E-state index contributed by atoms with van der Waals surface area (Å²) in [4.78, 5) is 8.24. The van der Waals surface area contributed by atoms with Crippen LogP contribution in [0.1, 0.15) is 23.2 Å². The first-order valence-corrected chi connectivity index (χ1v) is 10.00. The molecule has 30 heavy (non-hydrogen) atoms. The molecule has 0 spiro atoms. The van der Waals surface area contributed by atoms with Crippen LogP contribution < -0.4 is 9.47 Å². The lowest BCUT2D eigenvalue weighted by atomic mass is 10.1. The van der Waals surface area contributed by atoms with Crippen molar-refractivity contribution in [1.29, 1.82) is 5.26 Å². The molecule has 0 amide bonds. The summed E-state index contributed by atoms with van der Waals surface area (Å²) < 4.78 is 11.3. The molecule has 0 aliphatic carbocycles. The number of aromatic nitrogens is 2. The van der Waals surface area contributed by atoms with Gasteiger partial charge in [0.15, 0.2) is 11.5 Å². The van der Waals surface area contributed by atoms with Crippen molar-refractivity contribution in [2.45, 2.75) is 12.8 Å². The Kier molecular flexibility index (Phi) is 7.67. The van der Waals surface area contributed by atoms with Gasteiger partial charge in [0.05, 0.1) is 41.2 Å². The van der Waals surface area contributed by atoms with Gasteiger partial charge in [-0.25, -0.2) is 0 Å². The predicted octanol–water partition coefficient (Wildman–Crippen LogP) is 5.87. The molecule has 0 bridgehead atoms. The molecule has 0 fully saturated rings. The number of ether oxygens (including phenoxy) is 2. The van der Waals surface area contributed by atoms with E-state index in [4.69, 9.17) is 32.7 Å². The third-order valence-corrected chi connectivity index (χ3v) is 4.94. The first-order valence-electron chi connectivity index (χ1n) is 9.24. The Hall–Kier alpha value is -3.07. The standard InChI is InChI=1S/C23H19Cl2N3O2/c1-29-23-15-28-21(17(12-26)10-18-19(24)13-27-14-20(18)25)11-22(23)30-9-5-8-16-6-3-2-4-7-16/h2-4,6-7,10-11,13-15H,5,8-9H2,1H3. The zero-order valence-electron chi connectivity index (χ0n) is 16.3. The third-order valence-electron chi connectivity index (χ3n) is 4.34. The number of hydrogen-bond acceptors (Lipinski definition) is 5. The minimum Gasteiger partial charge on any atom is -0.491 e. The fraction of sp³-hybridized carbons (Fsp3) is 0.174. The van der Waals surface area contributed by atoms with E-state index >= 15 is 0 Å². The first-order chi connectivity index (χ1) is 14.6. The fourth-order valence-electron chi connectivity index (χ4n) is 2.81. The molecule has 0 aliphatic rings. The van der Waals surface area contributed by atoms with Crippen LogP contribution in [0.15, 0.2) is 55.0 Å². The Bertz CT molecular complexity index is 1060. The van der Waals surface area contributed by atoms with E-state index in [0.29, 0.717) is 45.0 Å². The summed E-state index contributed by atoms with van der Waals surface area (Å²) in [5.41, 5.74) is 2.49. The van der Waals surface area contributed by atoms with Gasteiger partial charge in [-0.1, -0.05) is 53.5 Å². The van der Waals surface area contributed by atoms with Crippen molar-refractivity contribution in [1.82, 2.24) is 9.97 Å². The van der Waals surface area contributed by atoms with Crippen LogP contribution >= 0.6 is 23.2 Å². The van der Waals surface area contributed by atoms with Crippen LogP contribution in [-0.2, 0) is 6.42 Å². The van der Waals surface area contributed by atoms with E-state index in [0.717, 1.165) is 12.8 Å². The molecule has 152 valence electrons. The molecule has 2 aromatic heterocycles. The second kappa shape index (κ2) is 10.6. The maximum Gasteiger partial charge on any atom is 0.179 e. The molecule has 3 aromatic rings. The molecule has 0 atom stereocenters. The van der Waals surface area contributed by atoms with Crippen LogP contribution in [0.3, 0.4) is 0 Å². The lowest BCUT2D eigenvalue weighted by Gasteiger charge is -2.12. The summed E-state index contributed by atoms with van der Waals surface area (Å²) in [5, 5.41) is 10.3. The zero-order valence-corrected chi connectivity index (χ0v) is 17.8. The predicted molar refractivity (Wildman–Crippen MR) is 119 cm³/mol. The fourth-order valence-corrected chi connectivity index (χ4v) is 3.28. The molecule has 2 heterocycles. The van der Waals surface area contributed by atoms with Crippen molar-refractivity contribution in [3.63, 3.8) is 0 Å². The first kappa shape index (κ1) is 21.6. The van der Waals surface area contributed by atoms with Gasteiger partial charge in [-0.05, 0) is 24.5 Å². The van der Waals surface area contributed by atoms with Crippen LogP contribution in [0, 0.1) is 11.3 Å². The number of nitriles is 1. The number of benzene rings is 1. The van der Waals surface area contributed by atoms with Crippen LogP contribution in [0.2, 0.25) is 10.0 Å². The smallest absolute Gasteiger partial charge is 0.179 e. The van der Waals surface area contributed by atoms with Crippen molar-refractivity contribution in [2.24, 2.45) is 0 Å². The highest BCUT2D eigenvalue weighted by molar-refractivity contribution is 6.37. The second-order valence-corrected chi connectivity index (χ2v) is 7.16. The average molecular weight is 440 g/mol. The number of allylic oxidation sites excluding steroid dienone is 1. The molecule has 0 unspecified atom stereocenters. The molecule has 0 saturated carbocycles. The van der Waals surface area contributed by atoms with E-state index in [1.54, 1.807) is 19.3 Å². The van der Waals surface area contributed by atoms with Gasteiger partial charge in [0, 0.05) is 24.0 Å². The van der Waals surface area contributed by atoms with E-state index < -0.39 is 0 Å². The molecular formula is C23H19Cl2N3O2. The van der Waals surface area contributed by atoms with Gasteiger partial charge in [0.1, 0.15) is 6.07 Å². The van der Waals surface area contributed by atoms with Crippen molar-refractivity contribution in [3.8, 4) is 17.6 Å². The van der Waals surface area contributed by atoms with E-state index in [1.165, 1.54) is 24.2 Å². The van der Waals surface area contributed by atoms with E-state index in [9.17, 15) is 5.26 Å². The molecular weight excluding hydrogens is 421 g/mol. The Morgan fingerprint density at radius 3 is 2.50 bits per heavy atom. The number of hydrogen-bond donors (Lipinski definition) is 0. The molecule has 0 radical (unpaired) electrons. The van der Waals surface area contributed by atoms with Crippen molar-refractivity contribution in [2.75, 3.05) is 13.7 Å². The highest BCUT2D eigenvalue weighted by atomic mass is 35.5. The number of halogens is 2. The van der Waals surface area contributed by atoms with Crippen molar-refractivity contribution in [3.05, 3.63) is 81.9 Å². The summed E-state index contributed by atoms with van der Waals surface area (Å²) in [5.74, 6) is 1.01. The molecule has 5 nitrogen and oxygen atoms in total. The highest BCUT2D eigenvalue weighted by Gasteiger charge is 2.13. The summed E-state index contributed by atoms with van der Waals surface area (Å²) in [7, 11) is 1.55. The van der Waals surface area contributed by atoms with Crippen molar-refractivity contribution < 1.29 is 9.47 Å². The number of nitrogens with zero attached hydrogens (tertiary/aromatic N) is 3. The Labute approximate surface area is 185 Å². The van der Waals surface area contributed by atoms with E-state index in [1.807, 2.05) is 18.2 Å². The Morgan fingerprint density at radius 1 is 1.10 bits per heavy atom. The van der Waals surface area contributed by atoms with Gasteiger partial charge >= 0.3 is 0 Å². The summed E-state index contributed by atoms with van der Waals surface area (Å²) >= 11 is 12.3. The zero-order chi connectivity index (χ0) is 21.3. The largest absolute Gasteiger partial charge is 0.491 e. The molecule has 3 rings (SSSR count). The number of methoxy groups -OCH3 is 1. The van der Waals surface area contributed by atoms with Gasteiger partial charge in [-0.2, -0.15) is 5.26 Å². The molecule has 0 aliphatic heterocycles. The van der Waals surface area contributed by atoms with Gasteiger partial charge in [-0.15, -0.1) is 0 Å². The monoisotopic (exact) mass is 439 g/mol. The van der Waals surface area contributed by atoms with E-state index in [2.05, 4.69) is 28.2 Å². The Balaban J connectivity index is 1.79. The maximum atomic E-state index is 9.65. The summed E-state index contributed by atoms with van der Waals surface area (Å²) in [6.45, 7) is 0.502. The van der Waals surface area contributed by atoms with Gasteiger partial charge in [-0.3, -0.25) is 9.97 Å². The third kappa shape index (κ3) is 5.50. The van der Waals surface area contributed by atoms with Gasteiger partial charge < -0.3 is 9.47 Å². The number of aryl methyl sites for hydroxylation is 1. The number of pyridine rings is 2.